The minimum absolute atomic E-state index is 0.0235. The fraction of sp³-hybridized carbons (Fsp3) is 0.600. The maximum atomic E-state index is 12.1. The fourth-order valence-electron chi connectivity index (χ4n) is 2.40. The van der Waals surface area contributed by atoms with E-state index in [1.54, 1.807) is 4.90 Å². The molecule has 0 spiro atoms. The smallest absolute Gasteiger partial charge is 0.274 e. The third kappa shape index (κ3) is 4.00. The lowest BCUT2D eigenvalue weighted by atomic mass is 9.98. The summed E-state index contributed by atoms with van der Waals surface area (Å²) in [6.45, 7) is 8.58. The van der Waals surface area contributed by atoms with Crippen LogP contribution < -0.4 is 5.32 Å². The minimum Gasteiger partial charge on any atom is -0.354 e. The number of carbonyl (C=O) groups is 2. The zero-order valence-electron chi connectivity index (χ0n) is 13.2. The third-order valence-corrected chi connectivity index (χ3v) is 3.94. The predicted molar refractivity (Wildman–Crippen MR) is 82.2 cm³/mol. The second kappa shape index (κ2) is 7.84. The standard InChI is InChI=1S/C15H23N5O2/c1-3-19(4-2)8-7-18-14(21)12-10-20(11-12)15(22)13-9-16-5-6-17-13/h5-6,9,12H,3-4,7-8,10-11H2,1-2H3,(H,18,21). The van der Waals surface area contributed by atoms with E-state index < -0.39 is 0 Å². The number of hydrogen-bond acceptors (Lipinski definition) is 5. The largest absolute Gasteiger partial charge is 0.354 e. The Labute approximate surface area is 130 Å². The molecule has 1 aromatic heterocycles. The predicted octanol–water partition coefficient (Wildman–Crippen LogP) is 0.00660. The Morgan fingerprint density at radius 3 is 2.64 bits per heavy atom. The van der Waals surface area contributed by atoms with Crippen LogP contribution in [-0.4, -0.2) is 70.9 Å². The molecular weight excluding hydrogens is 282 g/mol. The molecular formula is C15H23N5O2. The molecule has 2 heterocycles. The van der Waals surface area contributed by atoms with Crippen molar-refractivity contribution in [3.05, 3.63) is 24.3 Å². The molecule has 22 heavy (non-hydrogen) atoms. The summed E-state index contributed by atoms with van der Waals surface area (Å²) >= 11 is 0. The van der Waals surface area contributed by atoms with Gasteiger partial charge >= 0.3 is 0 Å². The number of aromatic nitrogens is 2. The average molecular weight is 305 g/mol. The first kappa shape index (κ1) is 16.4. The summed E-state index contributed by atoms with van der Waals surface area (Å²) in [6.07, 6.45) is 4.46. The van der Waals surface area contributed by atoms with E-state index in [4.69, 9.17) is 0 Å². The fourth-order valence-corrected chi connectivity index (χ4v) is 2.40. The van der Waals surface area contributed by atoms with Gasteiger partial charge in [-0.3, -0.25) is 14.6 Å². The first-order valence-corrected chi connectivity index (χ1v) is 7.71. The first-order valence-electron chi connectivity index (χ1n) is 7.71. The second-order valence-electron chi connectivity index (χ2n) is 5.32. The van der Waals surface area contributed by atoms with Crippen molar-refractivity contribution in [1.82, 2.24) is 25.1 Å². The Hall–Kier alpha value is -2.02. The molecule has 0 aliphatic carbocycles. The zero-order valence-corrected chi connectivity index (χ0v) is 13.2. The van der Waals surface area contributed by atoms with E-state index in [0.29, 0.717) is 25.3 Å². The summed E-state index contributed by atoms with van der Waals surface area (Å²) < 4.78 is 0. The Morgan fingerprint density at radius 1 is 1.32 bits per heavy atom. The highest BCUT2D eigenvalue weighted by Gasteiger charge is 2.36. The molecule has 1 aliphatic rings. The van der Waals surface area contributed by atoms with Gasteiger partial charge in [0.1, 0.15) is 5.69 Å². The second-order valence-corrected chi connectivity index (χ2v) is 5.32. The molecule has 7 heteroatoms. The van der Waals surface area contributed by atoms with Crippen molar-refractivity contribution in [2.45, 2.75) is 13.8 Å². The van der Waals surface area contributed by atoms with Gasteiger partial charge in [0.05, 0.1) is 12.1 Å². The minimum atomic E-state index is -0.166. The molecule has 1 saturated heterocycles. The summed E-state index contributed by atoms with van der Waals surface area (Å²) in [5.41, 5.74) is 0.322. The molecule has 0 saturated carbocycles. The lowest BCUT2D eigenvalue weighted by molar-refractivity contribution is -0.129. The van der Waals surface area contributed by atoms with Gasteiger partial charge in [0.2, 0.25) is 5.91 Å². The lowest BCUT2D eigenvalue weighted by Gasteiger charge is -2.38. The number of hydrogen-bond donors (Lipinski definition) is 1. The Balaban J connectivity index is 1.70. The monoisotopic (exact) mass is 305 g/mol. The first-order chi connectivity index (χ1) is 10.7. The summed E-state index contributed by atoms with van der Waals surface area (Å²) in [5.74, 6) is -0.257. The molecule has 2 amide bonds. The van der Waals surface area contributed by atoms with Gasteiger partial charge in [0.25, 0.3) is 5.91 Å². The van der Waals surface area contributed by atoms with Gasteiger partial charge in [0, 0.05) is 38.6 Å². The molecule has 1 aliphatic heterocycles. The quantitative estimate of drug-likeness (QED) is 0.767. The van der Waals surface area contributed by atoms with E-state index in [-0.39, 0.29) is 17.7 Å². The lowest BCUT2D eigenvalue weighted by Crippen LogP contribution is -2.56. The average Bonchev–Trinajstić information content (AvgIpc) is 2.51. The molecule has 0 unspecified atom stereocenters. The highest BCUT2D eigenvalue weighted by atomic mass is 16.2. The van der Waals surface area contributed by atoms with E-state index in [9.17, 15) is 9.59 Å². The van der Waals surface area contributed by atoms with Gasteiger partial charge in [-0.2, -0.15) is 0 Å². The van der Waals surface area contributed by atoms with Crippen LogP contribution in [0.4, 0.5) is 0 Å². The van der Waals surface area contributed by atoms with Crippen LogP contribution in [0.25, 0.3) is 0 Å². The van der Waals surface area contributed by atoms with Gasteiger partial charge in [-0.1, -0.05) is 13.8 Å². The van der Waals surface area contributed by atoms with Crippen LogP contribution >= 0.6 is 0 Å². The summed E-state index contributed by atoms with van der Waals surface area (Å²) in [4.78, 5) is 35.8. The molecule has 1 fully saturated rings. The number of likely N-dealkylation sites (tertiary alicyclic amines) is 1. The van der Waals surface area contributed by atoms with E-state index >= 15 is 0 Å². The van der Waals surface area contributed by atoms with Crippen LogP contribution in [0.2, 0.25) is 0 Å². The number of carbonyl (C=O) groups excluding carboxylic acids is 2. The summed E-state index contributed by atoms with van der Waals surface area (Å²) in [5, 5.41) is 2.94. The van der Waals surface area contributed by atoms with Crippen LogP contribution in [-0.2, 0) is 4.79 Å². The van der Waals surface area contributed by atoms with Crippen molar-refractivity contribution >= 4 is 11.8 Å². The molecule has 1 aromatic rings. The van der Waals surface area contributed by atoms with Gasteiger partial charge in [-0.05, 0) is 13.1 Å². The van der Waals surface area contributed by atoms with Gasteiger partial charge in [-0.25, -0.2) is 4.98 Å². The molecule has 0 radical (unpaired) electrons. The number of likely N-dealkylation sites (N-methyl/N-ethyl adjacent to an activating group) is 1. The highest BCUT2D eigenvalue weighted by molar-refractivity contribution is 5.94. The van der Waals surface area contributed by atoms with Crippen molar-refractivity contribution in [3.8, 4) is 0 Å². The van der Waals surface area contributed by atoms with Gasteiger partial charge in [-0.15, -0.1) is 0 Å². The Morgan fingerprint density at radius 2 is 2.05 bits per heavy atom. The molecule has 0 aromatic carbocycles. The maximum Gasteiger partial charge on any atom is 0.274 e. The Kier molecular flexibility index (Phi) is 5.83. The molecule has 7 nitrogen and oxygen atoms in total. The molecule has 0 bridgehead atoms. The molecule has 0 atom stereocenters. The number of nitrogens with one attached hydrogen (secondary N) is 1. The van der Waals surface area contributed by atoms with Gasteiger partial charge in [0.15, 0.2) is 0 Å². The van der Waals surface area contributed by atoms with Crippen molar-refractivity contribution in [2.24, 2.45) is 5.92 Å². The van der Waals surface area contributed by atoms with Crippen molar-refractivity contribution in [3.63, 3.8) is 0 Å². The zero-order chi connectivity index (χ0) is 15.9. The number of amides is 2. The normalized spacial score (nSPS) is 14.8. The molecule has 120 valence electrons. The van der Waals surface area contributed by atoms with E-state index in [1.165, 1.54) is 18.6 Å². The summed E-state index contributed by atoms with van der Waals surface area (Å²) in [6, 6.07) is 0. The van der Waals surface area contributed by atoms with Gasteiger partial charge < -0.3 is 15.1 Å². The van der Waals surface area contributed by atoms with Crippen LogP contribution in [0, 0.1) is 5.92 Å². The van der Waals surface area contributed by atoms with Crippen LogP contribution in [0.3, 0.4) is 0 Å². The number of nitrogens with zero attached hydrogens (tertiary/aromatic N) is 4. The summed E-state index contributed by atoms with van der Waals surface area (Å²) in [7, 11) is 0. The van der Waals surface area contributed by atoms with Crippen LogP contribution in [0.5, 0.6) is 0 Å². The van der Waals surface area contributed by atoms with Crippen LogP contribution in [0.15, 0.2) is 18.6 Å². The third-order valence-electron chi connectivity index (χ3n) is 3.94. The SMILES string of the molecule is CCN(CC)CCNC(=O)C1CN(C(=O)c2cnccn2)C1. The highest BCUT2D eigenvalue weighted by Crippen LogP contribution is 2.17. The van der Waals surface area contributed by atoms with Crippen molar-refractivity contribution < 1.29 is 9.59 Å². The number of rotatable bonds is 7. The Bertz CT molecular complexity index is 498. The van der Waals surface area contributed by atoms with Crippen molar-refractivity contribution in [1.29, 1.82) is 0 Å². The van der Waals surface area contributed by atoms with E-state index in [0.717, 1.165) is 19.6 Å². The van der Waals surface area contributed by atoms with Crippen molar-refractivity contribution in [2.75, 3.05) is 39.3 Å². The topological polar surface area (TPSA) is 78.4 Å². The molecule has 2 rings (SSSR count). The maximum absolute atomic E-state index is 12.1. The molecule has 1 N–H and O–H groups in total. The van der Waals surface area contributed by atoms with E-state index in [2.05, 4.69) is 34.0 Å². The van der Waals surface area contributed by atoms with E-state index in [1.807, 2.05) is 0 Å². The van der Waals surface area contributed by atoms with Crippen LogP contribution in [0.1, 0.15) is 24.3 Å².